The van der Waals surface area contributed by atoms with Crippen molar-refractivity contribution in [3.63, 3.8) is 0 Å². The molecule has 0 aliphatic rings. The second-order valence-electron chi connectivity index (χ2n) is 3.57. The highest BCUT2D eigenvalue weighted by Crippen LogP contribution is 2.31. The number of hydrogen-bond acceptors (Lipinski definition) is 3. The van der Waals surface area contributed by atoms with Gasteiger partial charge in [0.25, 0.3) is 0 Å². The largest absolute Gasteiger partial charge is 0.436 e. The zero-order valence-electron chi connectivity index (χ0n) is 9.45. The zero-order valence-corrected chi connectivity index (χ0v) is 11.0. The number of hydrogen-bond donors (Lipinski definition) is 0. The van der Waals surface area contributed by atoms with Crippen molar-refractivity contribution in [1.29, 1.82) is 5.26 Å². The molecule has 1 aromatic heterocycles. The third-order valence-corrected chi connectivity index (χ3v) is 3.31. The van der Waals surface area contributed by atoms with Crippen molar-refractivity contribution in [3.05, 3.63) is 51.9 Å². The van der Waals surface area contributed by atoms with E-state index in [-0.39, 0.29) is 11.3 Å². The summed E-state index contributed by atoms with van der Waals surface area (Å²) in [4.78, 5) is 4.04. The summed E-state index contributed by atoms with van der Waals surface area (Å²) in [5.74, 6) is -0.160. The number of aromatic nitrogens is 1. The fourth-order valence-corrected chi connectivity index (χ4v) is 1.70. The van der Waals surface area contributed by atoms with Gasteiger partial charge in [0.2, 0.25) is 5.88 Å². The van der Waals surface area contributed by atoms with Crippen LogP contribution in [0, 0.1) is 24.1 Å². The molecule has 0 spiro atoms. The minimum Gasteiger partial charge on any atom is -0.436 e. The Balaban J connectivity index is 2.44. The number of nitrogens with zero attached hydrogens (tertiary/aromatic N) is 2. The van der Waals surface area contributed by atoms with Crippen LogP contribution >= 0.6 is 15.9 Å². The van der Waals surface area contributed by atoms with Crippen molar-refractivity contribution in [2.24, 2.45) is 0 Å². The van der Waals surface area contributed by atoms with Crippen molar-refractivity contribution in [3.8, 4) is 17.7 Å². The molecule has 0 atom stereocenters. The molecular formula is C13H8BrFN2O. The van der Waals surface area contributed by atoms with Crippen LogP contribution in [0.4, 0.5) is 4.39 Å². The Hall–Kier alpha value is -1.93. The van der Waals surface area contributed by atoms with Crippen molar-refractivity contribution in [2.45, 2.75) is 6.92 Å². The Kier molecular flexibility index (Phi) is 3.58. The molecule has 5 heteroatoms. The predicted molar refractivity (Wildman–Crippen MR) is 67.9 cm³/mol. The first-order valence-electron chi connectivity index (χ1n) is 5.11. The average molecular weight is 307 g/mol. The minimum atomic E-state index is -0.612. The number of benzene rings is 1. The molecule has 0 aliphatic heterocycles. The number of nitriles is 1. The maximum Gasteiger partial charge on any atom is 0.233 e. The van der Waals surface area contributed by atoms with Gasteiger partial charge in [0, 0.05) is 6.20 Å². The van der Waals surface area contributed by atoms with E-state index in [0.717, 1.165) is 5.56 Å². The molecule has 0 aliphatic carbocycles. The second kappa shape index (κ2) is 5.15. The van der Waals surface area contributed by atoms with E-state index in [2.05, 4.69) is 20.9 Å². The molecule has 0 unspecified atom stereocenters. The molecule has 2 aromatic rings. The molecule has 0 saturated heterocycles. The Labute approximate surface area is 112 Å². The smallest absolute Gasteiger partial charge is 0.233 e. The summed E-state index contributed by atoms with van der Waals surface area (Å²) in [5, 5.41) is 8.90. The molecule has 0 fully saturated rings. The van der Waals surface area contributed by atoms with Crippen LogP contribution in [-0.4, -0.2) is 4.98 Å². The molecule has 0 radical (unpaired) electrons. The van der Waals surface area contributed by atoms with Crippen LogP contribution in [0.5, 0.6) is 11.6 Å². The molecule has 0 saturated carbocycles. The molecular weight excluding hydrogens is 299 g/mol. The fourth-order valence-electron chi connectivity index (χ4n) is 1.39. The van der Waals surface area contributed by atoms with Crippen molar-refractivity contribution < 1.29 is 9.13 Å². The number of aryl methyl sites for hydroxylation is 1. The number of ether oxygens (including phenoxy) is 1. The van der Waals surface area contributed by atoms with Crippen LogP contribution in [-0.2, 0) is 0 Å². The lowest BCUT2D eigenvalue weighted by Gasteiger charge is -2.09. The molecule has 0 bridgehead atoms. The van der Waals surface area contributed by atoms with Crippen LogP contribution in [0.1, 0.15) is 11.1 Å². The van der Waals surface area contributed by atoms with Gasteiger partial charge in [-0.3, -0.25) is 0 Å². The first kappa shape index (κ1) is 12.5. The van der Waals surface area contributed by atoms with E-state index in [0.29, 0.717) is 10.4 Å². The maximum atomic E-state index is 13.4. The van der Waals surface area contributed by atoms with E-state index >= 15 is 0 Å². The van der Waals surface area contributed by atoms with Crippen LogP contribution in [0.2, 0.25) is 0 Å². The first-order chi connectivity index (χ1) is 8.63. The van der Waals surface area contributed by atoms with Gasteiger partial charge in [-0.05, 0) is 46.6 Å². The highest BCUT2D eigenvalue weighted by molar-refractivity contribution is 9.10. The lowest BCUT2D eigenvalue weighted by molar-refractivity contribution is 0.452. The monoisotopic (exact) mass is 306 g/mol. The summed E-state index contributed by atoms with van der Waals surface area (Å²) in [6.45, 7) is 1.88. The van der Waals surface area contributed by atoms with E-state index in [4.69, 9.17) is 10.00 Å². The van der Waals surface area contributed by atoms with Crippen molar-refractivity contribution in [2.75, 3.05) is 0 Å². The lowest BCUT2D eigenvalue weighted by Crippen LogP contribution is -1.95. The van der Waals surface area contributed by atoms with E-state index in [9.17, 15) is 4.39 Å². The highest BCUT2D eigenvalue weighted by atomic mass is 79.9. The van der Waals surface area contributed by atoms with Crippen LogP contribution < -0.4 is 4.74 Å². The third kappa shape index (κ3) is 2.34. The maximum absolute atomic E-state index is 13.4. The fraction of sp³-hybridized carbons (Fsp3) is 0.0769. The van der Waals surface area contributed by atoms with Gasteiger partial charge < -0.3 is 4.74 Å². The van der Waals surface area contributed by atoms with Gasteiger partial charge in [-0.25, -0.2) is 9.37 Å². The van der Waals surface area contributed by atoms with Gasteiger partial charge >= 0.3 is 0 Å². The number of halogens is 2. The van der Waals surface area contributed by atoms with Crippen LogP contribution in [0.25, 0.3) is 0 Å². The standard InChI is InChI=1S/C13H8BrFN2O/c1-8-5-6-17-13(12(8)14)18-11-4-2-3-10(15)9(11)7-16/h2-6H,1H3. The van der Waals surface area contributed by atoms with E-state index in [1.807, 2.05) is 13.0 Å². The Morgan fingerprint density at radius 1 is 1.39 bits per heavy atom. The molecule has 18 heavy (non-hydrogen) atoms. The molecule has 0 amide bonds. The van der Waals surface area contributed by atoms with E-state index < -0.39 is 5.82 Å². The summed E-state index contributed by atoms with van der Waals surface area (Å²) in [5.41, 5.74) is 0.808. The molecule has 0 N–H and O–H groups in total. The summed E-state index contributed by atoms with van der Waals surface area (Å²) >= 11 is 3.34. The van der Waals surface area contributed by atoms with Gasteiger partial charge in [-0.1, -0.05) is 6.07 Å². The Bertz CT molecular complexity index is 637. The number of rotatable bonds is 2. The summed E-state index contributed by atoms with van der Waals surface area (Å²) in [6, 6.07) is 7.81. The van der Waals surface area contributed by atoms with E-state index in [1.54, 1.807) is 12.3 Å². The first-order valence-corrected chi connectivity index (χ1v) is 5.90. The highest BCUT2D eigenvalue weighted by Gasteiger charge is 2.12. The topological polar surface area (TPSA) is 45.9 Å². The molecule has 90 valence electrons. The summed E-state index contributed by atoms with van der Waals surface area (Å²) in [6.07, 6.45) is 1.58. The van der Waals surface area contributed by atoms with Gasteiger partial charge in [0.05, 0.1) is 4.47 Å². The quantitative estimate of drug-likeness (QED) is 0.843. The van der Waals surface area contributed by atoms with Gasteiger partial charge in [0.15, 0.2) is 0 Å². The van der Waals surface area contributed by atoms with Crippen molar-refractivity contribution in [1.82, 2.24) is 4.98 Å². The molecule has 1 aromatic carbocycles. The number of pyridine rings is 1. The SMILES string of the molecule is Cc1ccnc(Oc2cccc(F)c2C#N)c1Br. The van der Waals surface area contributed by atoms with Crippen molar-refractivity contribution >= 4 is 15.9 Å². The lowest BCUT2D eigenvalue weighted by atomic mass is 10.2. The Morgan fingerprint density at radius 2 is 2.17 bits per heavy atom. The van der Waals surface area contributed by atoms with E-state index in [1.165, 1.54) is 18.2 Å². The summed E-state index contributed by atoms with van der Waals surface area (Å²) < 4.78 is 19.5. The third-order valence-electron chi connectivity index (χ3n) is 2.34. The Morgan fingerprint density at radius 3 is 2.89 bits per heavy atom. The predicted octanol–water partition coefficient (Wildman–Crippen LogP) is 3.96. The van der Waals surface area contributed by atoms with Crippen LogP contribution in [0.15, 0.2) is 34.9 Å². The summed E-state index contributed by atoms with van der Waals surface area (Å²) in [7, 11) is 0. The average Bonchev–Trinajstić information content (AvgIpc) is 2.35. The van der Waals surface area contributed by atoms with Crippen LogP contribution in [0.3, 0.4) is 0 Å². The minimum absolute atomic E-state index is 0.132. The normalized spacial score (nSPS) is 9.89. The zero-order chi connectivity index (χ0) is 13.1. The van der Waals surface area contributed by atoms with Gasteiger partial charge in [-0.2, -0.15) is 5.26 Å². The van der Waals surface area contributed by atoms with Gasteiger partial charge in [0.1, 0.15) is 23.2 Å². The molecule has 3 nitrogen and oxygen atoms in total. The molecule has 2 rings (SSSR count). The second-order valence-corrected chi connectivity index (χ2v) is 4.37. The van der Waals surface area contributed by atoms with Gasteiger partial charge in [-0.15, -0.1) is 0 Å². The molecule has 1 heterocycles.